The highest BCUT2D eigenvalue weighted by Crippen LogP contribution is 2.23. The van der Waals surface area contributed by atoms with Crippen LogP contribution in [-0.2, 0) is 14.8 Å². The maximum atomic E-state index is 12.9. The third-order valence-corrected chi connectivity index (χ3v) is 7.36. The van der Waals surface area contributed by atoms with Crippen molar-refractivity contribution in [3.63, 3.8) is 0 Å². The minimum Gasteiger partial charge on any atom is -0.379 e. The lowest BCUT2D eigenvalue weighted by molar-refractivity contribution is -0.384. The Balaban J connectivity index is 1.53. The molecule has 0 aromatic heterocycles. The number of sulfonamides is 1. The van der Waals surface area contributed by atoms with E-state index < -0.39 is 14.9 Å². The summed E-state index contributed by atoms with van der Waals surface area (Å²) in [7, 11) is -3.60. The fourth-order valence-electron chi connectivity index (χ4n) is 3.45. The minimum atomic E-state index is -3.60. The molecule has 10 heteroatoms. The Morgan fingerprint density at radius 3 is 2.39 bits per heavy atom. The minimum absolute atomic E-state index is 0.0416. The average molecular weight is 447 g/mol. The van der Waals surface area contributed by atoms with Crippen molar-refractivity contribution in [2.45, 2.75) is 25.2 Å². The standard InChI is InChI=1S/C21H26N4O5S/c1-16-7-8-18(15-17(16)2)31(29,30)24-13-11-23(12-14-24)21(26)9-10-22-19-5-3-4-6-20(19)25(27)28/h3-8,15,22H,9-14H2,1-2H3. The Bertz CT molecular complexity index is 1080. The molecule has 3 rings (SSSR count). The van der Waals surface area contributed by atoms with Crippen molar-refractivity contribution < 1.29 is 18.1 Å². The van der Waals surface area contributed by atoms with Crippen LogP contribution in [0.5, 0.6) is 0 Å². The van der Waals surface area contributed by atoms with Crippen molar-refractivity contribution in [3.05, 3.63) is 63.7 Å². The summed E-state index contributed by atoms with van der Waals surface area (Å²) in [5, 5.41) is 14.0. The Hall–Kier alpha value is -2.98. The van der Waals surface area contributed by atoms with Gasteiger partial charge in [-0.3, -0.25) is 14.9 Å². The van der Waals surface area contributed by atoms with Crippen LogP contribution in [0.3, 0.4) is 0 Å². The molecule has 0 radical (unpaired) electrons. The van der Waals surface area contributed by atoms with Gasteiger partial charge in [-0.05, 0) is 43.2 Å². The molecule has 0 atom stereocenters. The van der Waals surface area contributed by atoms with Gasteiger partial charge in [0.05, 0.1) is 9.82 Å². The van der Waals surface area contributed by atoms with Crippen LogP contribution >= 0.6 is 0 Å². The average Bonchev–Trinajstić information content (AvgIpc) is 2.75. The molecule has 9 nitrogen and oxygen atoms in total. The molecule has 1 amide bonds. The monoisotopic (exact) mass is 446 g/mol. The second-order valence-corrected chi connectivity index (χ2v) is 9.42. The van der Waals surface area contributed by atoms with Gasteiger partial charge in [-0.15, -0.1) is 0 Å². The van der Waals surface area contributed by atoms with Crippen LogP contribution in [0.15, 0.2) is 47.4 Å². The van der Waals surface area contributed by atoms with Crippen LogP contribution in [-0.4, -0.2) is 61.2 Å². The maximum absolute atomic E-state index is 12.9. The van der Waals surface area contributed by atoms with E-state index in [1.807, 2.05) is 13.8 Å². The van der Waals surface area contributed by atoms with Gasteiger partial charge < -0.3 is 10.2 Å². The number of nitro groups is 1. The molecule has 0 saturated carbocycles. The van der Waals surface area contributed by atoms with Crippen LogP contribution in [0.2, 0.25) is 0 Å². The van der Waals surface area contributed by atoms with Crippen LogP contribution in [0, 0.1) is 24.0 Å². The van der Waals surface area contributed by atoms with E-state index >= 15 is 0 Å². The number of benzene rings is 2. The highest BCUT2D eigenvalue weighted by Gasteiger charge is 2.30. The van der Waals surface area contributed by atoms with E-state index in [1.165, 1.54) is 10.4 Å². The number of nitrogens with zero attached hydrogens (tertiary/aromatic N) is 3. The summed E-state index contributed by atoms with van der Waals surface area (Å²) in [6.07, 6.45) is 0.163. The summed E-state index contributed by atoms with van der Waals surface area (Å²) in [6, 6.07) is 11.4. The molecule has 0 spiro atoms. The molecule has 1 N–H and O–H groups in total. The Kier molecular flexibility index (Phi) is 6.91. The maximum Gasteiger partial charge on any atom is 0.292 e. The Morgan fingerprint density at radius 1 is 1.06 bits per heavy atom. The molecule has 1 heterocycles. The van der Waals surface area contributed by atoms with Gasteiger partial charge in [-0.25, -0.2) is 8.42 Å². The number of rotatable bonds is 7. The van der Waals surface area contributed by atoms with E-state index in [-0.39, 0.29) is 42.5 Å². The molecule has 1 aliphatic heterocycles. The zero-order chi connectivity index (χ0) is 22.6. The molecule has 2 aromatic rings. The van der Waals surface area contributed by atoms with Crippen molar-refractivity contribution in [2.24, 2.45) is 0 Å². The highest BCUT2D eigenvalue weighted by molar-refractivity contribution is 7.89. The van der Waals surface area contributed by atoms with Gasteiger partial charge in [0.2, 0.25) is 15.9 Å². The first kappa shape index (κ1) is 22.7. The largest absolute Gasteiger partial charge is 0.379 e. The lowest BCUT2D eigenvalue weighted by Gasteiger charge is -2.34. The van der Waals surface area contributed by atoms with Crippen LogP contribution in [0.4, 0.5) is 11.4 Å². The zero-order valence-electron chi connectivity index (χ0n) is 17.6. The fraction of sp³-hybridized carbons (Fsp3) is 0.381. The van der Waals surface area contributed by atoms with Gasteiger partial charge in [0.1, 0.15) is 5.69 Å². The Morgan fingerprint density at radius 2 is 1.74 bits per heavy atom. The molecule has 1 aliphatic rings. The SMILES string of the molecule is Cc1ccc(S(=O)(=O)N2CCN(C(=O)CCNc3ccccc3[N+](=O)[O-])CC2)cc1C. The molecule has 0 bridgehead atoms. The molecule has 2 aromatic carbocycles. The number of hydrogen-bond donors (Lipinski definition) is 1. The van der Waals surface area contributed by atoms with Gasteiger partial charge in [0.25, 0.3) is 5.69 Å². The van der Waals surface area contributed by atoms with E-state index in [0.717, 1.165) is 11.1 Å². The van der Waals surface area contributed by atoms with Crippen molar-refractivity contribution in [1.82, 2.24) is 9.21 Å². The molecule has 1 fully saturated rings. The fourth-order valence-corrected chi connectivity index (χ4v) is 4.95. The quantitative estimate of drug-likeness (QED) is 0.517. The topological polar surface area (TPSA) is 113 Å². The van der Waals surface area contributed by atoms with Crippen LogP contribution < -0.4 is 5.32 Å². The van der Waals surface area contributed by atoms with E-state index in [0.29, 0.717) is 18.8 Å². The molecule has 0 unspecified atom stereocenters. The number of piperazine rings is 1. The van der Waals surface area contributed by atoms with Crippen LogP contribution in [0.1, 0.15) is 17.5 Å². The van der Waals surface area contributed by atoms with Crippen LogP contribution in [0.25, 0.3) is 0 Å². The first-order valence-corrected chi connectivity index (χ1v) is 11.5. The lowest BCUT2D eigenvalue weighted by Crippen LogP contribution is -2.50. The van der Waals surface area contributed by atoms with Crippen molar-refractivity contribution in [3.8, 4) is 0 Å². The molecule has 1 saturated heterocycles. The number of amides is 1. The first-order chi connectivity index (χ1) is 14.7. The number of nitrogens with one attached hydrogen (secondary N) is 1. The van der Waals surface area contributed by atoms with E-state index in [9.17, 15) is 23.3 Å². The lowest BCUT2D eigenvalue weighted by atomic mass is 10.1. The highest BCUT2D eigenvalue weighted by atomic mass is 32.2. The smallest absolute Gasteiger partial charge is 0.292 e. The number of anilines is 1. The summed E-state index contributed by atoms with van der Waals surface area (Å²) in [5.74, 6) is -0.116. The predicted molar refractivity (Wildman–Crippen MR) is 117 cm³/mol. The van der Waals surface area contributed by atoms with Gasteiger partial charge in [0.15, 0.2) is 0 Å². The molecule has 31 heavy (non-hydrogen) atoms. The summed E-state index contributed by atoms with van der Waals surface area (Å²) < 4.78 is 27.2. The summed E-state index contributed by atoms with van der Waals surface area (Å²) in [5.41, 5.74) is 2.27. The normalized spacial score (nSPS) is 15.0. The van der Waals surface area contributed by atoms with Gasteiger partial charge in [0, 0.05) is 45.2 Å². The van der Waals surface area contributed by atoms with Gasteiger partial charge in [-0.1, -0.05) is 18.2 Å². The van der Waals surface area contributed by atoms with Crippen molar-refractivity contribution in [1.29, 1.82) is 0 Å². The molecule has 0 aliphatic carbocycles. The number of para-hydroxylation sites is 2. The number of hydrogen-bond acceptors (Lipinski definition) is 6. The molecule has 166 valence electrons. The van der Waals surface area contributed by atoms with E-state index in [2.05, 4.69) is 5.32 Å². The van der Waals surface area contributed by atoms with E-state index in [4.69, 9.17) is 0 Å². The number of aryl methyl sites for hydroxylation is 2. The molecular weight excluding hydrogens is 420 g/mol. The third kappa shape index (κ3) is 5.20. The first-order valence-electron chi connectivity index (χ1n) is 10.0. The third-order valence-electron chi connectivity index (χ3n) is 5.46. The Labute approximate surface area is 181 Å². The second-order valence-electron chi connectivity index (χ2n) is 7.48. The number of carbonyl (C=O) groups excluding carboxylic acids is 1. The predicted octanol–water partition coefficient (Wildman–Crippen LogP) is 2.55. The van der Waals surface area contributed by atoms with Gasteiger partial charge in [-0.2, -0.15) is 4.31 Å². The summed E-state index contributed by atoms with van der Waals surface area (Å²) in [6.45, 7) is 5.16. The summed E-state index contributed by atoms with van der Waals surface area (Å²) in [4.78, 5) is 25.0. The van der Waals surface area contributed by atoms with Gasteiger partial charge >= 0.3 is 0 Å². The second kappa shape index (κ2) is 9.44. The van der Waals surface area contributed by atoms with Crippen molar-refractivity contribution in [2.75, 3.05) is 38.0 Å². The number of nitro benzene ring substituents is 1. The van der Waals surface area contributed by atoms with E-state index in [1.54, 1.807) is 41.3 Å². The number of carbonyl (C=O) groups is 1. The zero-order valence-corrected chi connectivity index (χ0v) is 18.4. The summed E-state index contributed by atoms with van der Waals surface area (Å²) >= 11 is 0. The van der Waals surface area contributed by atoms with Crippen molar-refractivity contribution >= 4 is 27.3 Å². The molecular formula is C21H26N4O5S.